The molecule has 3 rings (SSSR count). The minimum atomic E-state index is -0.794. The Balaban J connectivity index is 1.73. The van der Waals surface area contributed by atoms with E-state index in [4.69, 9.17) is 0 Å². The first kappa shape index (κ1) is 14.1. The number of carbonyl (C=O) groups excluding carboxylic acids is 1. The quantitative estimate of drug-likeness (QED) is 0.787. The van der Waals surface area contributed by atoms with Gasteiger partial charge in [0.05, 0.1) is 5.92 Å². The van der Waals surface area contributed by atoms with E-state index in [0.717, 1.165) is 25.0 Å². The highest BCUT2D eigenvalue weighted by molar-refractivity contribution is 5.93. The number of hydrogen-bond acceptors (Lipinski definition) is 3. The Bertz CT molecular complexity index is 566. The van der Waals surface area contributed by atoms with Gasteiger partial charge < -0.3 is 10.4 Å². The van der Waals surface area contributed by atoms with E-state index in [1.165, 1.54) is 0 Å². The van der Waals surface area contributed by atoms with Crippen molar-refractivity contribution < 1.29 is 14.7 Å². The lowest BCUT2D eigenvalue weighted by Crippen LogP contribution is -2.46. The first-order valence-corrected chi connectivity index (χ1v) is 7.56. The van der Waals surface area contributed by atoms with Crippen molar-refractivity contribution in [3.05, 3.63) is 17.5 Å². The van der Waals surface area contributed by atoms with Gasteiger partial charge in [-0.05, 0) is 43.1 Å². The van der Waals surface area contributed by atoms with E-state index in [9.17, 15) is 14.7 Å². The predicted octanol–water partition coefficient (Wildman–Crippen LogP) is 1.76. The average Bonchev–Trinajstić information content (AvgIpc) is 3.13. The second-order valence-electron chi connectivity index (χ2n) is 6.56. The van der Waals surface area contributed by atoms with Crippen LogP contribution in [-0.2, 0) is 4.79 Å². The summed E-state index contributed by atoms with van der Waals surface area (Å²) in [6.45, 7) is 4.04. The van der Waals surface area contributed by atoms with E-state index in [1.54, 1.807) is 6.07 Å². The van der Waals surface area contributed by atoms with Crippen LogP contribution >= 0.6 is 0 Å². The van der Waals surface area contributed by atoms with Crippen LogP contribution in [0.4, 0.5) is 0 Å². The summed E-state index contributed by atoms with van der Waals surface area (Å²) in [5.74, 6) is -0.740. The van der Waals surface area contributed by atoms with Gasteiger partial charge in [-0.15, -0.1) is 0 Å². The molecule has 2 bridgehead atoms. The number of carboxylic acid groups (broad SMARTS) is 1. The molecule has 0 aliphatic heterocycles. The molecule has 1 amide bonds. The molecule has 3 N–H and O–H groups in total. The number of carbonyl (C=O) groups is 2. The van der Waals surface area contributed by atoms with E-state index >= 15 is 0 Å². The number of nitrogens with zero attached hydrogens (tertiary/aromatic N) is 1. The van der Waals surface area contributed by atoms with Crippen LogP contribution in [-0.4, -0.2) is 33.2 Å². The molecule has 2 fully saturated rings. The number of aliphatic carboxylic acids is 1. The summed E-state index contributed by atoms with van der Waals surface area (Å²) in [6, 6.07) is 1.48. The Morgan fingerprint density at radius 3 is 2.71 bits per heavy atom. The summed E-state index contributed by atoms with van der Waals surface area (Å²) in [6.07, 6.45) is 2.89. The van der Waals surface area contributed by atoms with Crippen molar-refractivity contribution in [1.29, 1.82) is 0 Å². The van der Waals surface area contributed by atoms with Crippen molar-refractivity contribution in [2.75, 3.05) is 0 Å². The number of carboxylic acids is 1. The van der Waals surface area contributed by atoms with E-state index in [2.05, 4.69) is 15.5 Å². The molecule has 0 spiro atoms. The van der Waals surface area contributed by atoms with Gasteiger partial charge in [-0.1, -0.05) is 13.8 Å². The molecular weight excluding hydrogens is 270 g/mol. The molecule has 1 heterocycles. The van der Waals surface area contributed by atoms with Gasteiger partial charge in [0, 0.05) is 11.7 Å². The zero-order valence-corrected chi connectivity index (χ0v) is 12.3. The van der Waals surface area contributed by atoms with E-state index in [-0.39, 0.29) is 23.8 Å². The standard InChI is InChI=1S/C15H21N3O3/c1-7(2)10-6-11(18-17-10)14(19)16-13-9-4-3-8(5-9)12(13)15(20)21/h6-9,12-13H,3-5H2,1-2H3,(H,16,19)(H,17,18)(H,20,21)/t8-,9-,12+,13-/m0/s1. The maximum atomic E-state index is 12.3. The number of hydrogen-bond donors (Lipinski definition) is 3. The SMILES string of the molecule is CC(C)c1cc(C(=O)N[C@H]2[C@H]3CC[C@@H](C3)[C@H]2C(=O)O)n[nH]1. The first-order chi connectivity index (χ1) is 9.97. The molecule has 1 aromatic rings. The fourth-order valence-electron chi connectivity index (χ4n) is 3.83. The van der Waals surface area contributed by atoms with Crippen molar-refractivity contribution in [3.63, 3.8) is 0 Å². The molecule has 114 valence electrons. The fraction of sp³-hybridized carbons (Fsp3) is 0.667. The fourth-order valence-corrected chi connectivity index (χ4v) is 3.83. The lowest BCUT2D eigenvalue weighted by Gasteiger charge is -2.28. The van der Waals surface area contributed by atoms with Crippen LogP contribution < -0.4 is 5.32 Å². The molecule has 6 heteroatoms. The molecule has 4 atom stereocenters. The summed E-state index contributed by atoms with van der Waals surface area (Å²) in [5.41, 5.74) is 1.24. The highest BCUT2D eigenvalue weighted by Gasteiger charge is 2.51. The topological polar surface area (TPSA) is 95.1 Å². The van der Waals surface area contributed by atoms with E-state index < -0.39 is 11.9 Å². The zero-order chi connectivity index (χ0) is 15.1. The van der Waals surface area contributed by atoms with Crippen LogP contribution in [0.1, 0.15) is 55.2 Å². The van der Waals surface area contributed by atoms with E-state index in [1.807, 2.05) is 13.8 Å². The Hall–Kier alpha value is -1.85. The summed E-state index contributed by atoms with van der Waals surface area (Å²) in [7, 11) is 0. The maximum Gasteiger partial charge on any atom is 0.308 e. The van der Waals surface area contributed by atoms with E-state index in [0.29, 0.717) is 11.6 Å². The third-order valence-electron chi connectivity index (χ3n) is 4.95. The molecule has 2 aliphatic carbocycles. The molecule has 2 aliphatic rings. The summed E-state index contributed by atoms with van der Waals surface area (Å²) in [4.78, 5) is 23.7. The van der Waals surface area contributed by atoms with Crippen molar-refractivity contribution in [1.82, 2.24) is 15.5 Å². The van der Waals surface area contributed by atoms with Crippen molar-refractivity contribution in [2.24, 2.45) is 17.8 Å². The van der Waals surface area contributed by atoms with Crippen molar-refractivity contribution in [2.45, 2.75) is 45.1 Å². The second kappa shape index (κ2) is 5.16. The van der Waals surface area contributed by atoms with Crippen LogP contribution in [0.15, 0.2) is 6.07 Å². The summed E-state index contributed by atoms with van der Waals surface area (Å²) in [5, 5.41) is 19.2. The van der Waals surface area contributed by atoms with Gasteiger partial charge in [-0.3, -0.25) is 14.7 Å². The maximum absolute atomic E-state index is 12.3. The lowest BCUT2D eigenvalue weighted by molar-refractivity contribution is -0.144. The molecule has 2 saturated carbocycles. The number of rotatable bonds is 4. The summed E-state index contributed by atoms with van der Waals surface area (Å²) >= 11 is 0. The first-order valence-electron chi connectivity index (χ1n) is 7.56. The monoisotopic (exact) mass is 291 g/mol. The average molecular weight is 291 g/mol. The second-order valence-corrected chi connectivity index (χ2v) is 6.56. The van der Waals surface area contributed by atoms with Crippen LogP contribution in [0.3, 0.4) is 0 Å². The van der Waals surface area contributed by atoms with Crippen molar-refractivity contribution in [3.8, 4) is 0 Å². The minimum absolute atomic E-state index is 0.211. The highest BCUT2D eigenvalue weighted by atomic mass is 16.4. The van der Waals surface area contributed by atoms with Gasteiger partial charge >= 0.3 is 5.97 Å². The largest absolute Gasteiger partial charge is 0.481 e. The third kappa shape index (κ3) is 2.43. The number of amides is 1. The Kier molecular flexibility index (Phi) is 3.47. The molecule has 0 saturated heterocycles. The number of H-pyrrole nitrogens is 1. The minimum Gasteiger partial charge on any atom is -0.481 e. The van der Waals surface area contributed by atoms with Crippen LogP contribution in [0.25, 0.3) is 0 Å². The highest BCUT2D eigenvalue weighted by Crippen LogP contribution is 2.48. The molecule has 6 nitrogen and oxygen atoms in total. The third-order valence-corrected chi connectivity index (χ3v) is 4.95. The Morgan fingerprint density at radius 1 is 1.38 bits per heavy atom. The lowest BCUT2D eigenvalue weighted by atomic mass is 9.84. The van der Waals surface area contributed by atoms with Crippen LogP contribution in [0, 0.1) is 17.8 Å². The number of nitrogens with one attached hydrogen (secondary N) is 2. The van der Waals surface area contributed by atoms with Gasteiger partial charge in [0.2, 0.25) is 0 Å². The molecule has 0 radical (unpaired) electrons. The Labute approximate surface area is 123 Å². The smallest absolute Gasteiger partial charge is 0.308 e. The van der Waals surface area contributed by atoms with Gasteiger partial charge in [-0.25, -0.2) is 0 Å². The molecule has 1 aromatic heterocycles. The Morgan fingerprint density at radius 2 is 2.10 bits per heavy atom. The summed E-state index contributed by atoms with van der Waals surface area (Å²) < 4.78 is 0. The number of aromatic nitrogens is 2. The normalized spacial score (nSPS) is 30.8. The van der Waals surface area contributed by atoms with Gasteiger partial charge in [-0.2, -0.15) is 5.10 Å². The molecular formula is C15H21N3O3. The van der Waals surface area contributed by atoms with Crippen LogP contribution in [0.5, 0.6) is 0 Å². The molecule has 0 unspecified atom stereocenters. The number of aromatic amines is 1. The number of fused-ring (bicyclic) bond motifs is 2. The van der Waals surface area contributed by atoms with Gasteiger partial charge in [0.25, 0.3) is 5.91 Å². The molecule has 0 aromatic carbocycles. The predicted molar refractivity (Wildman–Crippen MR) is 75.9 cm³/mol. The van der Waals surface area contributed by atoms with Gasteiger partial charge in [0.1, 0.15) is 5.69 Å². The van der Waals surface area contributed by atoms with Gasteiger partial charge in [0.15, 0.2) is 0 Å². The van der Waals surface area contributed by atoms with Crippen molar-refractivity contribution >= 4 is 11.9 Å². The van der Waals surface area contributed by atoms with Crippen LogP contribution in [0.2, 0.25) is 0 Å². The molecule has 21 heavy (non-hydrogen) atoms. The zero-order valence-electron chi connectivity index (χ0n) is 12.3.